The molecule has 1 heterocycles. The van der Waals surface area contributed by atoms with E-state index in [0.717, 1.165) is 6.42 Å². The minimum atomic E-state index is 0.146. The molecule has 0 fully saturated rings. The highest BCUT2D eigenvalue weighted by atomic mass is 35.5. The first-order chi connectivity index (χ1) is 7.64. The van der Waals surface area contributed by atoms with Crippen LogP contribution < -0.4 is 0 Å². The number of hydrogen-bond donors (Lipinski definition) is 0. The third kappa shape index (κ3) is 4.26. The Hall–Kier alpha value is -0.0800. The van der Waals surface area contributed by atoms with Crippen molar-refractivity contribution in [3.63, 3.8) is 0 Å². The van der Waals surface area contributed by atoms with Crippen molar-refractivity contribution in [3.8, 4) is 0 Å². The molecular formula is C14H24ClNS. The van der Waals surface area contributed by atoms with E-state index < -0.39 is 0 Å². The zero-order valence-corrected chi connectivity index (χ0v) is 13.4. The quantitative estimate of drug-likeness (QED) is 0.715. The van der Waals surface area contributed by atoms with Crippen molar-refractivity contribution in [1.29, 1.82) is 0 Å². The van der Waals surface area contributed by atoms with E-state index >= 15 is 0 Å². The van der Waals surface area contributed by atoms with Crippen molar-refractivity contribution < 1.29 is 0 Å². The average molecular weight is 274 g/mol. The summed E-state index contributed by atoms with van der Waals surface area (Å²) in [5, 5.41) is 3.40. The summed E-state index contributed by atoms with van der Waals surface area (Å²) < 4.78 is 0. The van der Waals surface area contributed by atoms with Crippen molar-refractivity contribution in [2.24, 2.45) is 11.3 Å². The summed E-state index contributed by atoms with van der Waals surface area (Å²) in [6, 6.07) is 0. The molecule has 0 amide bonds. The van der Waals surface area contributed by atoms with Gasteiger partial charge in [-0.15, -0.1) is 22.9 Å². The van der Waals surface area contributed by atoms with Gasteiger partial charge in [0.15, 0.2) is 0 Å². The van der Waals surface area contributed by atoms with Gasteiger partial charge in [-0.05, 0) is 11.3 Å². The van der Waals surface area contributed by atoms with Crippen molar-refractivity contribution in [2.45, 2.75) is 53.4 Å². The highest BCUT2D eigenvalue weighted by Crippen LogP contribution is 2.32. The van der Waals surface area contributed by atoms with E-state index in [4.69, 9.17) is 16.6 Å². The smallest absolute Gasteiger partial charge is 0.0931 e. The molecule has 1 unspecified atom stereocenters. The summed E-state index contributed by atoms with van der Waals surface area (Å²) in [6.07, 6.45) is 0.994. The molecule has 0 saturated heterocycles. The zero-order valence-electron chi connectivity index (χ0n) is 11.8. The standard InChI is InChI=1S/C14H24ClNS/c1-13(2,3)10(8-15)7-12-16-11(9-17-12)14(4,5)6/h9-10H,7-8H2,1-6H3. The maximum absolute atomic E-state index is 6.08. The number of nitrogens with zero attached hydrogens (tertiary/aromatic N) is 1. The number of thiazole rings is 1. The average Bonchev–Trinajstić information content (AvgIpc) is 2.59. The zero-order chi connectivity index (χ0) is 13.3. The lowest BCUT2D eigenvalue weighted by Crippen LogP contribution is -2.24. The van der Waals surface area contributed by atoms with Crippen LogP contribution in [-0.4, -0.2) is 10.9 Å². The van der Waals surface area contributed by atoms with E-state index in [9.17, 15) is 0 Å². The molecule has 1 rings (SSSR count). The van der Waals surface area contributed by atoms with Crippen LogP contribution >= 0.6 is 22.9 Å². The first-order valence-electron chi connectivity index (χ1n) is 6.15. The van der Waals surface area contributed by atoms with Crippen LogP contribution in [-0.2, 0) is 11.8 Å². The van der Waals surface area contributed by atoms with Crippen LogP contribution in [0.5, 0.6) is 0 Å². The Labute approximate surface area is 115 Å². The molecule has 1 aromatic heterocycles. The summed E-state index contributed by atoms with van der Waals surface area (Å²) >= 11 is 7.84. The van der Waals surface area contributed by atoms with Crippen molar-refractivity contribution in [2.75, 3.05) is 5.88 Å². The van der Waals surface area contributed by atoms with Crippen LogP contribution in [0.3, 0.4) is 0 Å². The lowest BCUT2D eigenvalue weighted by Gasteiger charge is -2.28. The SMILES string of the molecule is CC(C)(C)c1csc(CC(CCl)C(C)(C)C)n1. The molecule has 0 aliphatic heterocycles. The van der Waals surface area contributed by atoms with Crippen molar-refractivity contribution >= 4 is 22.9 Å². The molecule has 98 valence electrons. The molecule has 17 heavy (non-hydrogen) atoms. The minimum absolute atomic E-state index is 0.146. The van der Waals surface area contributed by atoms with Crippen LogP contribution in [0.15, 0.2) is 5.38 Å². The van der Waals surface area contributed by atoms with E-state index in [-0.39, 0.29) is 10.8 Å². The fourth-order valence-corrected chi connectivity index (χ4v) is 3.23. The summed E-state index contributed by atoms with van der Waals surface area (Å²) in [6.45, 7) is 13.4. The van der Waals surface area contributed by atoms with Gasteiger partial charge in [-0.1, -0.05) is 41.5 Å². The minimum Gasteiger partial charge on any atom is -0.246 e. The van der Waals surface area contributed by atoms with E-state index in [1.165, 1.54) is 10.7 Å². The fraction of sp³-hybridized carbons (Fsp3) is 0.786. The first kappa shape index (κ1) is 15.0. The van der Waals surface area contributed by atoms with Crippen molar-refractivity contribution in [1.82, 2.24) is 4.98 Å². The molecule has 0 spiro atoms. The highest BCUT2D eigenvalue weighted by Gasteiger charge is 2.26. The predicted octanol–water partition coefficient (Wildman–Crippen LogP) is 4.88. The Balaban J connectivity index is 2.79. The van der Waals surface area contributed by atoms with Gasteiger partial charge in [0.1, 0.15) is 0 Å². The lowest BCUT2D eigenvalue weighted by atomic mass is 9.80. The van der Waals surface area contributed by atoms with Gasteiger partial charge >= 0.3 is 0 Å². The van der Waals surface area contributed by atoms with Crippen LogP contribution in [0.1, 0.15) is 52.2 Å². The van der Waals surface area contributed by atoms with Gasteiger partial charge in [0.05, 0.1) is 10.7 Å². The predicted molar refractivity (Wildman–Crippen MR) is 78.2 cm³/mol. The molecule has 3 heteroatoms. The lowest BCUT2D eigenvalue weighted by molar-refractivity contribution is 0.263. The second-order valence-corrected chi connectivity index (χ2v) is 8.05. The maximum Gasteiger partial charge on any atom is 0.0931 e. The van der Waals surface area contributed by atoms with Crippen LogP contribution in [0.25, 0.3) is 0 Å². The van der Waals surface area contributed by atoms with E-state index in [1.807, 2.05) is 0 Å². The van der Waals surface area contributed by atoms with Gasteiger partial charge in [0, 0.05) is 23.1 Å². The number of halogens is 1. The van der Waals surface area contributed by atoms with E-state index in [1.54, 1.807) is 11.3 Å². The Morgan fingerprint density at radius 2 is 1.82 bits per heavy atom. The molecule has 1 aromatic rings. The Morgan fingerprint density at radius 1 is 1.24 bits per heavy atom. The van der Waals surface area contributed by atoms with E-state index in [2.05, 4.69) is 46.9 Å². The first-order valence-corrected chi connectivity index (χ1v) is 7.57. The number of hydrogen-bond acceptors (Lipinski definition) is 2. The van der Waals surface area contributed by atoms with Gasteiger partial charge in [0.25, 0.3) is 0 Å². The molecule has 1 nitrogen and oxygen atoms in total. The van der Waals surface area contributed by atoms with Crippen LogP contribution in [0.4, 0.5) is 0 Å². The Morgan fingerprint density at radius 3 is 2.18 bits per heavy atom. The second-order valence-electron chi connectivity index (χ2n) is 6.80. The molecule has 0 radical (unpaired) electrons. The molecule has 0 aromatic carbocycles. The van der Waals surface area contributed by atoms with Gasteiger partial charge in [-0.25, -0.2) is 4.98 Å². The molecule has 0 aliphatic rings. The van der Waals surface area contributed by atoms with E-state index in [0.29, 0.717) is 11.8 Å². The Bertz CT molecular complexity index is 357. The molecule has 0 aliphatic carbocycles. The van der Waals surface area contributed by atoms with Crippen LogP contribution in [0, 0.1) is 11.3 Å². The summed E-state index contributed by atoms with van der Waals surface area (Å²) in [5.41, 5.74) is 1.59. The van der Waals surface area contributed by atoms with Crippen molar-refractivity contribution in [3.05, 3.63) is 16.1 Å². The van der Waals surface area contributed by atoms with Crippen LogP contribution in [0.2, 0.25) is 0 Å². The molecule has 1 atom stereocenters. The summed E-state index contributed by atoms with van der Waals surface area (Å²) in [5.74, 6) is 1.19. The summed E-state index contributed by atoms with van der Waals surface area (Å²) in [7, 11) is 0. The van der Waals surface area contributed by atoms with Gasteiger partial charge < -0.3 is 0 Å². The van der Waals surface area contributed by atoms with Gasteiger partial charge in [0.2, 0.25) is 0 Å². The number of aromatic nitrogens is 1. The maximum atomic E-state index is 6.08. The monoisotopic (exact) mass is 273 g/mol. The summed E-state index contributed by atoms with van der Waals surface area (Å²) in [4.78, 5) is 4.74. The normalized spacial score (nSPS) is 15.0. The Kier molecular flexibility index (Phi) is 4.65. The third-order valence-corrected chi connectivity index (χ3v) is 4.40. The number of rotatable bonds is 3. The third-order valence-electron chi connectivity index (χ3n) is 3.15. The molecule has 0 saturated carbocycles. The molecular weight excluding hydrogens is 250 g/mol. The van der Waals surface area contributed by atoms with Gasteiger partial charge in [-0.3, -0.25) is 0 Å². The highest BCUT2D eigenvalue weighted by molar-refractivity contribution is 7.09. The second kappa shape index (κ2) is 5.27. The number of alkyl halides is 1. The largest absolute Gasteiger partial charge is 0.246 e. The molecule has 0 bridgehead atoms. The van der Waals surface area contributed by atoms with Gasteiger partial charge in [-0.2, -0.15) is 0 Å². The topological polar surface area (TPSA) is 12.9 Å². The molecule has 0 N–H and O–H groups in total. The fourth-order valence-electron chi connectivity index (χ4n) is 1.55.